The van der Waals surface area contributed by atoms with Crippen molar-refractivity contribution >= 4 is 56.6 Å². The number of thiophene rings is 1. The molecule has 40 heavy (non-hydrogen) atoms. The molecule has 2 aliphatic heterocycles. The van der Waals surface area contributed by atoms with Crippen molar-refractivity contribution in [3.63, 3.8) is 0 Å². The van der Waals surface area contributed by atoms with E-state index in [2.05, 4.69) is 27.2 Å². The number of anilines is 3. The second kappa shape index (κ2) is 10.4. The molecule has 1 atom stereocenters. The highest BCUT2D eigenvalue weighted by Crippen LogP contribution is 2.45. The third-order valence-electron chi connectivity index (χ3n) is 6.71. The molecule has 6 rings (SSSR count). The number of hydrogen-bond donors (Lipinski definition) is 2. The van der Waals surface area contributed by atoms with Crippen LogP contribution in [0.25, 0.3) is 10.2 Å². The average Bonchev–Trinajstić information content (AvgIpc) is 3.34. The second-order valence-corrected chi connectivity index (χ2v) is 10.3. The lowest BCUT2D eigenvalue weighted by atomic mass is 10.1. The number of rotatable bonds is 6. The van der Waals surface area contributed by atoms with Crippen molar-refractivity contribution in [3.8, 4) is 11.5 Å². The molecule has 4 aromatic rings. The van der Waals surface area contributed by atoms with E-state index in [9.17, 15) is 18.8 Å². The van der Waals surface area contributed by atoms with Crippen molar-refractivity contribution in [1.29, 1.82) is 0 Å². The van der Waals surface area contributed by atoms with E-state index in [1.807, 2.05) is 0 Å². The number of piperidine rings is 1. The predicted octanol–water partition coefficient (Wildman–Crippen LogP) is 5.21. The minimum atomic E-state index is -0.503. The average molecular weight is 559 g/mol. The summed E-state index contributed by atoms with van der Waals surface area (Å²) in [5.74, 6) is -0.344. The predicted molar refractivity (Wildman–Crippen MR) is 149 cm³/mol. The fourth-order valence-corrected chi connectivity index (χ4v) is 5.89. The van der Waals surface area contributed by atoms with Gasteiger partial charge in [-0.1, -0.05) is 18.7 Å². The summed E-state index contributed by atoms with van der Waals surface area (Å²) in [6, 6.07) is 10.2. The summed E-state index contributed by atoms with van der Waals surface area (Å²) >= 11 is 1.18. The maximum Gasteiger partial charge on any atom is 0.332 e. The van der Waals surface area contributed by atoms with Gasteiger partial charge in [-0.3, -0.25) is 9.59 Å². The highest BCUT2D eigenvalue weighted by molar-refractivity contribution is 7.21. The minimum absolute atomic E-state index is 0.0607. The number of pyridine rings is 2. The van der Waals surface area contributed by atoms with Gasteiger partial charge in [0.25, 0.3) is 5.91 Å². The van der Waals surface area contributed by atoms with E-state index < -0.39 is 11.8 Å². The zero-order valence-electron chi connectivity index (χ0n) is 21.1. The smallest absolute Gasteiger partial charge is 0.332 e. The third kappa shape index (κ3) is 4.62. The number of nitrogens with one attached hydrogen (secondary N) is 2. The Balaban J connectivity index is 1.26. The van der Waals surface area contributed by atoms with Crippen molar-refractivity contribution in [2.45, 2.75) is 18.9 Å². The zero-order chi connectivity index (χ0) is 27.8. The molecule has 2 N–H and O–H groups in total. The van der Waals surface area contributed by atoms with Crippen molar-refractivity contribution in [2.24, 2.45) is 0 Å². The summed E-state index contributed by atoms with van der Waals surface area (Å²) in [6.45, 7) is 4.55. The van der Waals surface area contributed by atoms with Crippen molar-refractivity contribution in [3.05, 3.63) is 78.2 Å². The number of benzene rings is 1. The molecular formula is C28H23FN6O4S. The van der Waals surface area contributed by atoms with E-state index in [0.717, 1.165) is 12.8 Å². The van der Waals surface area contributed by atoms with Crippen LogP contribution in [0, 0.1) is 5.82 Å². The Hall–Kier alpha value is -4.84. The standard InChI is InChI=1S/C28H23FN6O4S/c1-2-22(36)34-13-5-6-16(15-34)32-26(37)25-24-23-19(11-12-30-27(23)40-25)35(28(38)33-24)21-10-9-17(14-31-21)39-20-8-4-3-7-18(20)29/h2-4,7-12,14,16H,1,5-6,13,15H2,(H,32,37)(H,33,38)/t16-/m1/s1. The van der Waals surface area contributed by atoms with Crippen LogP contribution < -0.4 is 20.3 Å². The van der Waals surface area contributed by atoms with Crippen LogP contribution in [0.15, 0.2) is 67.5 Å². The van der Waals surface area contributed by atoms with Gasteiger partial charge in [0.05, 0.1) is 23.0 Å². The molecule has 0 radical (unpaired) electrons. The van der Waals surface area contributed by atoms with E-state index in [0.29, 0.717) is 51.1 Å². The van der Waals surface area contributed by atoms with Crippen LogP contribution in [0.4, 0.5) is 26.4 Å². The Labute approximate surface area is 232 Å². The van der Waals surface area contributed by atoms with Crippen LogP contribution >= 0.6 is 11.3 Å². The van der Waals surface area contributed by atoms with Crippen molar-refractivity contribution in [1.82, 2.24) is 20.2 Å². The summed E-state index contributed by atoms with van der Waals surface area (Å²) in [4.78, 5) is 51.5. The molecule has 1 aromatic carbocycles. The van der Waals surface area contributed by atoms with Gasteiger partial charge in [0.2, 0.25) is 5.91 Å². The Bertz CT molecular complexity index is 1660. The van der Waals surface area contributed by atoms with Crippen molar-refractivity contribution < 1.29 is 23.5 Å². The first-order valence-electron chi connectivity index (χ1n) is 12.6. The van der Waals surface area contributed by atoms with E-state index in [1.54, 1.807) is 41.4 Å². The van der Waals surface area contributed by atoms with Crippen LogP contribution in [-0.4, -0.2) is 51.8 Å². The van der Waals surface area contributed by atoms with Gasteiger partial charge in [0.1, 0.15) is 21.3 Å². The number of urea groups is 1. The molecular weight excluding hydrogens is 535 g/mol. The molecule has 4 amide bonds. The SMILES string of the molecule is C=CC(=O)N1CCC[C@@H](NC(=O)c2sc3nccc4c3c2NC(=O)N4c2ccc(Oc3ccccc3F)cn2)C1. The lowest BCUT2D eigenvalue weighted by molar-refractivity contribution is -0.127. The highest BCUT2D eigenvalue weighted by Gasteiger charge is 2.34. The van der Waals surface area contributed by atoms with Crippen LogP contribution in [0.5, 0.6) is 11.5 Å². The fraction of sp³-hybridized carbons (Fsp3) is 0.179. The number of hydrogen-bond acceptors (Lipinski definition) is 7. The van der Waals surface area contributed by atoms with Crippen LogP contribution in [-0.2, 0) is 4.79 Å². The van der Waals surface area contributed by atoms with Gasteiger partial charge in [-0.15, -0.1) is 11.3 Å². The van der Waals surface area contributed by atoms with Gasteiger partial charge in [-0.25, -0.2) is 24.1 Å². The molecule has 1 saturated heterocycles. The maximum absolute atomic E-state index is 14.0. The van der Waals surface area contributed by atoms with E-state index in [1.165, 1.54) is 40.6 Å². The van der Waals surface area contributed by atoms with Gasteiger partial charge >= 0.3 is 6.03 Å². The topological polar surface area (TPSA) is 117 Å². The van der Waals surface area contributed by atoms with E-state index in [-0.39, 0.29) is 23.6 Å². The molecule has 2 aliphatic rings. The first-order valence-corrected chi connectivity index (χ1v) is 13.4. The van der Waals surface area contributed by atoms with Gasteiger partial charge in [-0.05, 0) is 49.2 Å². The molecule has 1 fully saturated rings. The van der Waals surface area contributed by atoms with Gasteiger partial charge in [0.15, 0.2) is 11.6 Å². The molecule has 0 spiro atoms. The monoisotopic (exact) mass is 558 g/mol. The number of aromatic nitrogens is 2. The Morgan fingerprint density at radius 1 is 1.20 bits per heavy atom. The number of halogens is 1. The number of para-hydroxylation sites is 1. The van der Waals surface area contributed by atoms with Gasteiger partial charge in [0, 0.05) is 25.3 Å². The fourth-order valence-electron chi connectivity index (χ4n) is 4.87. The Kier molecular flexibility index (Phi) is 6.60. The normalized spacial score (nSPS) is 16.4. The van der Waals surface area contributed by atoms with E-state index in [4.69, 9.17) is 4.74 Å². The largest absolute Gasteiger partial charge is 0.453 e. The second-order valence-electron chi connectivity index (χ2n) is 9.27. The molecule has 12 heteroatoms. The number of amides is 4. The summed E-state index contributed by atoms with van der Waals surface area (Å²) in [5.41, 5.74) is 0.908. The van der Waals surface area contributed by atoms with Crippen LogP contribution in [0.2, 0.25) is 0 Å². The summed E-state index contributed by atoms with van der Waals surface area (Å²) in [7, 11) is 0. The quantitative estimate of drug-likeness (QED) is 0.314. The lowest BCUT2D eigenvalue weighted by Crippen LogP contribution is -2.49. The maximum atomic E-state index is 14.0. The molecule has 0 saturated carbocycles. The first kappa shape index (κ1) is 25.4. The Morgan fingerprint density at radius 3 is 2.83 bits per heavy atom. The van der Waals surface area contributed by atoms with E-state index >= 15 is 0 Å². The lowest BCUT2D eigenvalue weighted by Gasteiger charge is -2.32. The number of likely N-dealkylation sites (tertiary alicyclic amines) is 1. The number of carbonyl (C=O) groups is 3. The minimum Gasteiger partial charge on any atom is -0.453 e. The molecule has 3 aromatic heterocycles. The molecule has 0 bridgehead atoms. The third-order valence-corrected chi connectivity index (χ3v) is 7.81. The number of ether oxygens (including phenoxy) is 1. The molecule has 10 nitrogen and oxygen atoms in total. The van der Waals surface area contributed by atoms with Crippen LogP contribution in [0.1, 0.15) is 22.5 Å². The zero-order valence-corrected chi connectivity index (χ0v) is 21.9. The number of carbonyl (C=O) groups excluding carboxylic acids is 3. The van der Waals surface area contributed by atoms with Gasteiger partial charge in [-0.2, -0.15) is 0 Å². The highest BCUT2D eigenvalue weighted by atomic mass is 32.1. The summed E-state index contributed by atoms with van der Waals surface area (Å²) < 4.78 is 19.5. The summed E-state index contributed by atoms with van der Waals surface area (Å²) in [6.07, 6.45) is 5.74. The summed E-state index contributed by atoms with van der Waals surface area (Å²) in [5, 5.41) is 6.47. The number of nitrogens with zero attached hydrogens (tertiary/aromatic N) is 4. The molecule has 202 valence electrons. The van der Waals surface area contributed by atoms with Gasteiger partial charge < -0.3 is 20.3 Å². The molecule has 0 unspecified atom stereocenters. The molecule has 0 aliphatic carbocycles. The van der Waals surface area contributed by atoms with Crippen LogP contribution in [0.3, 0.4) is 0 Å². The van der Waals surface area contributed by atoms with Crippen molar-refractivity contribution in [2.75, 3.05) is 23.3 Å². The Morgan fingerprint density at radius 2 is 2.05 bits per heavy atom. The first-order chi connectivity index (χ1) is 19.4. The molecule has 5 heterocycles.